The van der Waals surface area contributed by atoms with E-state index in [1.165, 1.54) is 0 Å². The van der Waals surface area contributed by atoms with E-state index in [9.17, 15) is 4.79 Å². The Kier molecular flexibility index (Phi) is 6.28. The van der Waals surface area contributed by atoms with Crippen LogP contribution in [0.25, 0.3) is 11.3 Å². The van der Waals surface area contributed by atoms with Gasteiger partial charge in [-0.1, -0.05) is 32.6 Å². The van der Waals surface area contributed by atoms with Crippen LogP contribution in [0.5, 0.6) is 0 Å². The Balaban J connectivity index is 1.99. The maximum absolute atomic E-state index is 12.2. The predicted molar refractivity (Wildman–Crippen MR) is 86.5 cm³/mol. The third-order valence-corrected chi connectivity index (χ3v) is 4.02. The summed E-state index contributed by atoms with van der Waals surface area (Å²) in [7, 11) is 0. The summed E-state index contributed by atoms with van der Waals surface area (Å²) >= 11 is 4.50. The van der Waals surface area contributed by atoms with Crippen LogP contribution in [0.3, 0.4) is 0 Å². The first-order chi connectivity index (χ1) is 10.2. The molecule has 1 aromatic carbocycles. The van der Waals surface area contributed by atoms with Gasteiger partial charge >= 0.3 is 0 Å². The van der Waals surface area contributed by atoms with Gasteiger partial charge in [-0.05, 0) is 37.0 Å². The van der Waals surface area contributed by atoms with Gasteiger partial charge in [-0.3, -0.25) is 4.79 Å². The normalized spacial score (nSPS) is 10.6. The van der Waals surface area contributed by atoms with Crippen LogP contribution in [0.15, 0.2) is 28.7 Å². The monoisotopic (exact) mass is 369 g/mol. The molecule has 2 aromatic rings. The van der Waals surface area contributed by atoms with Crippen LogP contribution in [-0.2, 0) is 4.74 Å². The van der Waals surface area contributed by atoms with E-state index in [1.54, 1.807) is 0 Å². The average Bonchev–Trinajstić information content (AvgIpc) is 2.97. The number of hydrogen-bond donors (Lipinski definition) is 1. The van der Waals surface area contributed by atoms with E-state index in [0.29, 0.717) is 30.3 Å². The van der Waals surface area contributed by atoms with Crippen LogP contribution in [-0.4, -0.2) is 35.3 Å². The average molecular weight is 370 g/mol. The molecule has 0 aliphatic heterocycles. The molecule has 2 rings (SSSR count). The molecular weight excluding hydrogens is 354 g/mol. The fourth-order valence-corrected chi connectivity index (χ4v) is 2.61. The maximum atomic E-state index is 12.2. The first kappa shape index (κ1) is 16.1. The van der Waals surface area contributed by atoms with Gasteiger partial charge in [0.1, 0.15) is 10.6 Å². The standard InChI is InChI=1S/C14H16BrN3O2S/c1-2-20-9-3-8-16-14(19)13-12(17-18-21-13)10-4-6-11(15)7-5-10/h4-7H,2-3,8-9H2,1H3,(H,16,19). The van der Waals surface area contributed by atoms with Crippen molar-refractivity contribution < 1.29 is 9.53 Å². The van der Waals surface area contributed by atoms with Gasteiger partial charge in [0.05, 0.1) is 0 Å². The Morgan fingerprint density at radius 3 is 2.86 bits per heavy atom. The molecule has 1 amide bonds. The molecule has 0 bridgehead atoms. The van der Waals surface area contributed by atoms with E-state index in [2.05, 4.69) is 30.8 Å². The predicted octanol–water partition coefficient (Wildman–Crippen LogP) is 3.12. The van der Waals surface area contributed by atoms with Crippen molar-refractivity contribution in [3.63, 3.8) is 0 Å². The van der Waals surface area contributed by atoms with Crippen molar-refractivity contribution in [1.82, 2.24) is 14.9 Å². The van der Waals surface area contributed by atoms with Crippen LogP contribution in [0, 0.1) is 0 Å². The van der Waals surface area contributed by atoms with Crippen molar-refractivity contribution >= 4 is 33.4 Å². The summed E-state index contributed by atoms with van der Waals surface area (Å²) in [6, 6.07) is 7.65. The Morgan fingerprint density at radius 2 is 2.14 bits per heavy atom. The molecule has 0 unspecified atom stereocenters. The van der Waals surface area contributed by atoms with Gasteiger partial charge in [-0.2, -0.15) is 0 Å². The molecule has 7 heteroatoms. The van der Waals surface area contributed by atoms with Crippen LogP contribution in [0.1, 0.15) is 23.0 Å². The number of rotatable bonds is 7. The van der Waals surface area contributed by atoms with E-state index in [1.807, 2.05) is 31.2 Å². The molecule has 112 valence electrons. The van der Waals surface area contributed by atoms with E-state index >= 15 is 0 Å². The number of nitrogens with one attached hydrogen (secondary N) is 1. The highest BCUT2D eigenvalue weighted by atomic mass is 79.9. The summed E-state index contributed by atoms with van der Waals surface area (Å²) in [6.45, 7) is 3.88. The molecular formula is C14H16BrN3O2S. The second-order valence-corrected chi connectivity index (χ2v) is 5.93. The number of benzene rings is 1. The van der Waals surface area contributed by atoms with E-state index in [0.717, 1.165) is 28.0 Å². The van der Waals surface area contributed by atoms with Crippen LogP contribution < -0.4 is 5.32 Å². The smallest absolute Gasteiger partial charge is 0.265 e. The van der Waals surface area contributed by atoms with Crippen molar-refractivity contribution in [3.8, 4) is 11.3 Å². The van der Waals surface area contributed by atoms with Gasteiger partial charge in [-0.25, -0.2) is 0 Å². The third-order valence-electron chi connectivity index (χ3n) is 2.77. The summed E-state index contributed by atoms with van der Waals surface area (Å²) in [5.74, 6) is -0.139. The number of nitrogens with zero attached hydrogens (tertiary/aromatic N) is 2. The minimum absolute atomic E-state index is 0.139. The fourth-order valence-electron chi connectivity index (χ4n) is 1.74. The van der Waals surface area contributed by atoms with Crippen molar-refractivity contribution in [1.29, 1.82) is 0 Å². The molecule has 0 saturated heterocycles. The van der Waals surface area contributed by atoms with E-state index in [-0.39, 0.29) is 5.91 Å². The number of carbonyl (C=O) groups is 1. The Bertz CT molecular complexity index is 586. The first-order valence-electron chi connectivity index (χ1n) is 6.66. The lowest BCUT2D eigenvalue weighted by Crippen LogP contribution is -2.25. The molecule has 0 saturated carbocycles. The summed E-state index contributed by atoms with van der Waals surface area (Å²) in [6.07, 6.45) is 0.791. The fraction of sp³-hybridized carbons (Fsp3) is 0.357. The highest BCUT2D eigenvalue weighted by molar-refractivity contribution is 9.10. The lowest BCUT2D eigenvalue weighted by Gasteiger charge is -2.05. The minimum Gasteiger partial charge on any atom is -0.382 e. The second kappa shape index (κ2) is 8.21. The minimum atomic E-state index is -0.139. The topological polar surface area (TPSA) is 64.1 Å². The number of aromatic nitrogens is 2. The maximum Gasteiger partial charge on any atom is 0.265 e. The largest absolute Gasteiger partial charge is 0.382 e. The number of halogens is 1. The van der Waals surface area contributed by atoms with Crippen molar-refractivity contribution in [3.05, 3.63) is 33.6 Å². The second-order valence-electron chi connectivity index (χ2n) is 4.26. The summed E-state index contributed by atoms with van der Waals surface area (Å²) in [4.78, 5) is 12.7. The molecule has 0 spiro atoms. The first-order valence-corrected chi connectivity index (χ1v) is 8.23. The zero-order chi connectivity index (χ0) is 15.1. The lowest BCUT2D eigenvalue weighted by atomic mass is 10.1. The summed E-state index contributed by atoms with van der Waals surface area (Å²) in [5, 5.41) is 6.93. The van der Waals surface area contributed by atoms with Crippen LogP contribution in [0.2, 0.25) is 0 Å². The number of amides is 1. The molecule has 0 aliphatic carbocycles. The number of hydrogen-bond acceptors (Lipinski definition) is 5. The van der Waals surface area contributed by atoms with Gasteiger partial charge in [0.25, 0.3) is 5.91 Å². The number of ether oxygens (including phenoxy) is 1. The zero-order valence-electron chi connectivity index (χ0n) is 11.6. The highest BCUT2D eigenvalue weighted by Gasteiger charge is 2.17. The van der Waals surface area contributed by atoms with Gasteiger partial charge in [0.2, 0.25) is 0 Å². The number of carbonyl (C=O) groups excluding carboxylic acids is 1. The quantitative estimate of drug-likeness (QED) is 0.761. The van der Waals surface area contributed by atoms with Crippen molar-refractivity contribution in [2.75, 3.05) is 19.8 Å². The van der Waals surface area contributed by atoms with E-state index in [4.69, 9.17) is 4.74 Å². The molecule has 21 heavy (non-hydrogen) atoms. The van der Waals surface area contributed by atoms with Gasteiger partial charge in [-0.15, -0.1) is 5.10 Å². The van der Waals surface area contributed by atoms with Gasteiger partial charge in [0, 0.05) is 29.8 Å². The molecule has 0 aliphatic rings. The Labute approximate surface area is 136 Å². The lowest BCUT2D eigenvalue weighted by molar-refractivity contribution is 0.0948. The van der Waals surface area contributed by atoms with Gasteiger partial charge < -0.3 is 10.1 Å². The van der Waals surface area contributed by atoms with Crippen LogP contribution in [0.4, 0.5) is 0 Å². The Morgan fingerprint density at radius 1 is 1.38 bits per heavy atom. The highest BCUT2D eigenvalue weighted by Crippen LogP contribution is 2.25. The molecule has 0 atom stereocenters. The molecule has 0 fully saturated rings. The third kappa shape index (κ3) is 4.59. The van der Waals surface area contributed by atoms with Crippen molar-refractivity contribution in [2.45, 2.75) is 13.3 Å². The Hall–Kier alpha value is -1.31. The SMILES string of the molecule is CCOCCCNC(=O)c1snnc1-c1ccc(Br)cc1. The molecule has 1 heterocycles. The van der Waals surface area contributed by atoms with Crippen molar-refractivity contribution in [2.24, 2.45) is 0 Å². The van der Waals surface area contributed by atoms with Gasteiger partial charge in [0.15, 0.2) is 0 Å². The van der Waals surface area contributed by atoms with Crippen LogP contribution >= 0.6 is 27.5 Å². The zero-order valence-corrected chi connectivity index (χ0v) is 14.0. The summed E-state index contributed by atoms with van der Waals surface area (Å²) < 4.78 is 10.1. The molecule has 1 N–H and O–H groups in total. The molecule has 0 radical (unpaired) electrons. The molecule has 1 aromatic heterocycles. The summed E-state index contributed by atoms with van der Waals surface area (Å²) in [5.41, 5.74) is 1.50. The van der Waals surface area contributed by atoms with E-state index < -0.39 is 0 Å². The molecule has 5 nitrogen and oxygen atoms in total.